The second-order valence-corrected chi connectivity index (χ2v) is 6.27. The molecule has 25 heavy (non-hydrogen) atoms. The Morgan fingerprint density at radius 2 is 1.76 bits per heavy atom. The van der Waals surface area contributed by atoms with Gasteiger partial charge in [0.1, 0.15) is 5.75 Å². The summed E-state index contributed by atoms with van der Waals surface area (Å²) in [5.41, 5.74) is 0.305. The Morgan fingerprint density at radius 1 is 1.12 bits per heavy atom. The number of imide groups is 1. The van der Waals surface area contributed by atoms with E-state index < -0.39 is 24.5 Å². The predicted octanol–water partition coefficient (Wildman–Crippen LogP) is 2.40. The van der Waals surface area contributed by atoms with Crippen LogP contribution in [-0.4, -0.2) is 36.7 Å². The average Bonchev–Trinajstić information content (AvgIpc) is 3.05. The molecule has 0 heterocycles. The number of hydrogen-bond donors (Lipinski definition) is 2. The topological polar surface area (TPSA) is 93.7 Å². The molecule has 0 spiro atoms. The monoisotopic (exact) mass is 348 g/mol. The summed E-state index contributed by atoms with van der Waals surface area (Å²) in [6, 6.07) is 6.00. The molecule has 7 heteroatoms. The number of benzene rings is 1. The van der Waals surface area contributed by atoms with Crippen LogP contribution in [0.3, 0.4) is 0 Å². The third-order valence-electron chi connectivity index (χ3n) is 3.74. The number of ether oxygens (including phenoxy) is 2. The van der Waals surface area contributed by atoms with Crippen LogP contribution in [0.2, 0.25) is 0 Å². The summed E-state index contributed by atoms with van der Waals surface area (Å²) in [6.45, 7) is 3.30. The molecule has 0 aliphatic heterocycles. The number of amides is 3. The molecular formula is C18H24N2O5. The second-order valence-electron chi connectivity index (χ2n) is 6.27. The highest BCUT2D eigenvalue weighted by Crippen LogP contribution is 2.17. The van der Waals surface area contributed by atoms with Crippen molar-refractivity contribution in [2.24, 2.45) is 0 Å². The highest BCUT2D eigenvalue weighted by Gasteiger charge is 2.18. The Hall–Kier alpha value is -2.57. The molecule has 7 nitrogen and oxygen atoms in total. The summed E-state index contributed by atoms with van der Waals surface area (Å²) in [5, 5.41) is 4.88. The Morgan fingerprint density at radius 3 is 2.36 bits per heavy atom. The van der Waals surface area contributed by atoms with Gasteiger partial charge in [0.2, 0.25) is 0 Å². The van der Waals surface area contributed by atoms with Gasteiger partial charge in [0.25, 0.3) is 5.91 Å². The molecule has 0 saturated heterocycles. The molecule has 0 unspecified atom stereocenters. The average molecular weight is 348 g/mol. The van der Waals surface area contributed by atoms with Crippen LogP contribution in [0.15, 0.2) is 24.3 Å². The van der Waals surface area contributed by atoms with Crippen molar-refractivity contribution in [2.75, 3.05) is 6.61 Å². The van der Waals surface area contributed by atoms with Gasteiger partial charge in [-0.15, -0.1) is 0 Å². The smallest absolute Gasteiger partial charge is 0.338 e. The van der Waals surface area contributed by atoms with Crippen LogP contribution in [0.5, 0.6) is 5.75 Å². The van der Waals surface area contributed by atoms with Crippen LogP contribution in [0.4, 0.5) is 4.79 Å². The first-order valence-corrected chi connectivity index (χ1v) is 8.48. The van der Waals surface area contributed by atoms with Crippen molar-refractivity contribution in [1.82, 2.24) is 10.6 Å². The van der Waals surface area contributed by atoms with Gasteiger partial charge in [-0.3, -0.25) is 10.1 Å². The maximum atomic E-state index is 11.9. The zero-order chi connectivity index (χ0) is 18.2. The van der Waals surface area contributed by atoms with E-state index in [2.05, 4.69) is 10.6 Å². The fraction of sp³-hybridized carbons (Fsp3) is 0.500. The number of hydrogen-bond acceptors (Lipinski definition) is 5. The molecule has 3 amide bonds. The van der Waals surface area contributed by atoms with E-state index in [1.807, 2.05) is 13.8 Å². The van der Waals surface area contributed by atoms with Gasteiger partial charge in [-0.1, -0.05) is 12.8 Å². The minimum Gasteiger partial charge on any atom is -0.491 e. The van der Waals surface area contributed by atoms with E-state index in [0.29, 0.717) is 11.3 Å². The summed E-state index contributed by atoms with van der Waals surface area (Å²) in [6.07, 6.45) is 4.05. The van der Waals surface area contributed by atoms with Gasteiger partial charge in [-0.2, -0.15) is 0 Å². The lowest BCUT2D eigenvalue weighted by Crippen LogP contribution is -2.44. The van der Waals surface area contributed by atoms with Crippen molar-refractivity contribution < 1.29 is 23.9 Å². The molecule has 2 N–H and O–H groups in total. The van der Waals surface area contributed by atoms with Crippen molar-refractivity contribution in [3.8, 4) is 5.75 Å². The molecule has 1 aliphatic rings. The summed E-state index contributed by atoms with van der Waals surface area (Å²) in [7, 11) is 0. The van der Waals surface area contributed by atoms with E-state index in [1.54, 1.807) is 24.3 Å². The zero-order valence-corrected chi connectivity index (χ0v) is 14.5. The van der Waals surface area contributed by atoms with Gasteiger partial charge in [0.05, 0.1) is 11.7 Å². The lowest BCUT2D eigenvalue weighted by atomic mass is 10.2. The van der Waals surface area contributed by atoms with Crippen molar-refractivity contribution in [2.45, 2.75) is 51.7 Å². The van der Waals surface area contributed by atoms with Gasteiger partial charge in [0.15, 0.2) is 6.61 Å². The minimum atomic E-state index is -0.663. The number of urea groups is 1. The van der Waals surface area contributed by atoms with E-state index in [1.165, 1.54) is 0 Å². The van der Waals surface area contributed by atoms with E-state index in [9.17, 15) is 14.4 Å². The first-order chi connectivity index (χ1) is 11.9. The van der Waals surface area contributed by atoms with Crippen LogP contribution in [0, 0.1) is 0 Å². The molecule has 1 aromatic rings. The summed E-state index contributed by atoms with van der Waals surface area (Å²) >= 11 is 0. The van der Waals surface area contributed by atoms with Gasteiger partial charge in [0, 0.05) is 6.04 Å². The fourth-order valence-corrected chi connectivity index (χ4v) is 2.61. The maximum Gasteiger partial charge on any atom is 0.338 e. The van der Waals surface area contributed by atoms with Crippen LogP contribution < -0.4 is 15.4 Å². The van der Waals surface area contributed by atoms with Gasteiger partial charge in [-0.25, -0.2) is 9.59 Å². The quantitative estimate of drug-likeness (QED) is 0.770. The molecule has 0 aromatic heterocycles. The van der Waals surface area contributed by atoms with Crippen LogP contribution in [-0.2, 0) is 9.53 Å². The van der Waals surface area contributed by atoms with E-state index >= 15 is 0 Å². The normalized spacial score (nSPS) is 14.2. The summed E-state index contributed by atoms with van der Waals surface area (Å²) < 4.78 is 10.4. The molecule has 2 rings (SSSR count). The standard InChI is InChI=1S/C18H24N2O5/c1-12(2)25-15-9-7-13(8-10-15)17(22)24-11-16(21)20-18(23)19-14-5-3-4-6-14/h7-10,12,14H,3-6,11H2,1-2H3,(H2,19,20,21,23). The van der Waals surface area contributed by atoms with Gasteiger partial charge in [-0.05, 0) is 51.0 Å². The largest absolute Gasteiger partial charge is 0.491 e. The number of esters is 1. The molecule has 0 atom stereocenters. The van der Waals surface area contributed by atoms with Crippen molar-refractivity contribution in [1.29, 1.82) is 0 Å². The zero-order valence-electron chi connectivity index (χ0n) is 14.5. The van der Waals surface area contributed by atoms with E-state index in [0.717, 1.165) is 25.7 Å². The van der Waals surface area contributed by atoms with E-state index in [-0.39, 0.29) is 12.1 Å². The Labute approximate surface area is 147 Å². The predicted molar refractivity (Wildman–Crippen MR) is 91.4 cm³/mol. The highest BCUT2D eigenvalue weighted by atomic mass is 16.5. The molecule has 1 fully saturated rings. The van der Waals surface area contributed by atoms with Crippen molar-refractivity contribution in [3.63, 3.8) is 0 Å². The third-order valence-corrected chi connectivity index (χ3v) is 3.74. The van der Waals surface area contributed by atoms with Crippen LogP contribution >= 0.6 is 0 Å². The van der Waals surface area contributed by atoms with E-state index in [4.69, 9.17) is 9.47 Å². The molecule has 136 valence electrons. The number of rotatable bonds is 6. The fourth-order valence-electron chi connectivity index (χ4n) is 2.61. The highest BCUT2D eigenvalue weighted by molar-refractivity contribution is 5.97. The Balaban J connectivity index is 1.73. The molecule has 0 bridgehead atoms. The molecule has 1 aromatic carbocycles. The summed E-state index contributed by atoms with van der Waals surface area (Å²) in [5.74, 6) is -0.654. The van der Waals surface area contributed by atoms with Gasteiger partial charge < -0.3 is 14.8 Å². The lowest BCUT2D eigenvalue weighted by Gasteiger charge is -2.12. The van der Waals surface area contributed by atoms with Gasteiger partial charge >= 0.3 is 12.0 Å². The molecule has 0 radical (unpaired) electrons. The Kier molecular flexibility index (Phi) is 6.80. The number of nitrogens with one attached hydrogen (secondary N) is 2. The lowest BCUT2D eigenvalue weighted by molar-refractivity contribution is -0.123. The third kappa shape index (κ3) is 6.45. The van der Waals surface area contributed by atoms with Crippen molar-refractivity contribution >= 4 is 17.9 Å². The number of carbonyl (C=O) groups is 3. The maximum absolute atomic E-state index is 11.9. The molecular weight excluding hydrogens is 324 g/mol. The van der Waals surface area contributed by atoms with Crippen LogP contribution in [0.25, 0.3) is 0 Å². The molecule has 1 saturated carbocycles. The van der Waals surface area contributed by atoms with Crippen LogP contribution in [0.1, 0.15) is 49.9 Å². The number of carbonyl (C=O) groups excluding carboxylic acids is 3. The SMILES string of the molecule is CC(C)Oc1ccc(C(=O)OCC(=O)NC(=O)NC2CCCC2)cc1. The second kappa shape index (κ2) is 9.05. The summed E-state index contributed by atoms with van der Waals surface area (Å²) in [4.78, 5) is 35.2. The minimum absolute atomic E-state index is 0.0388. The molecule has 1 aliphatic carbocycles. The first kappa shape index (κ1) is 18.8. The van der Waals surface area contributed by atoms with Crippen molar-refractivity contribution in [3.05, 3.63) is 29.8 Å². The Bertz CT molecular complexity index is 606. The first-order valence-electron chi connectivity index (χ1n) is 8.48.